The van der Waals surface area contributed by atoms with Crippen LogP contribution < -0.4 is 0 Å². The van der Waals surface area contributed by atoms with E-state index in [1.165, 1.54) is 88.3 Å². The van der Waals surface area contributed by atoms with Gasteiger partial charge in [0.2, 0.25) is 0 Å². The van der Waals surface area contributed by atoms with Crippen molar-refractivity contribution in [3.05, 3.63) is 29.6 Å². The van der Waals surface area contributed by atoms with Crippen molar-refractivity contribution in [2.75, 3.05) is 0 Å². The summed E-state index contributed by atoms with van der Waals surface area (Å²) in [7, 11) is 0. The van der Waals surface area contributed by atoms with Crippen LogP contribution in [0.2, 0.25) is 0 Å². The number of carbonyl (C=O) groups is 1. The maximum atomic E-state index is 10.5. The van der Waals surface area contributed by atoms with Gasteiger partial charge in [0.15, 0.2) is 0 Å². The van der Waals surface area contributed by atoms with Crippen molar-refractivity contribution in [3.63, 3.8) is 0 Å². The molecule has 3 rings (SSSR count). The number of hydrogen-bond donors (Lipinski definition) is 1. The fourth-order valence-electron chi connectivity index (χ4n) is 4.75. The maximum absolute atomic E-state index is 10.5. The van der Waals surface area contributed by atoms with Crippen LogP contribution in [0.15, 0.2) is 23.9 Å². The average molecular weight is 410 g/mol. The van der Waals surface area contributed by atoms with Crippen LogP contribution in [0.3, 0.4) is 0 Å². The normalized spacial score (nSPS) is 16.9. The zero-order valence-electron chi connectivity index (χ0n) is 18.6. The Morgan fingerprint density at radius 2 is 1.53 bits per heavy atom. The molecule has 0 saturated carbocycles. The van der Waals surface area contributed by atoms with Crippen LogP contribution in [0.25, 0.3) is 6.08 Å². The van der Waals surface area contributed by atoms with Crippen molar-refractivity contribution in [1.29, 1.82) is 0 Å². The van der Waals surface area contributed by atoms with Gasteiger partial charge in [0.1, 0.15) is 0 Å². The van der Waals surface area contributed by atoms with E-state index >= 15 is 0 Å². The molecule has 0 bridgehead atoms. The van der Waals surface area contributed by atoms with Gasteiger partial charge in [0, 0.05) is 6.42 Å². The predicted molar refractivity (Wildman–Crippen MR) is 127 cm³/mol. The van der Waals surface area contributed by atoms with Gasteiger partial charge in [-0.3, -0.25) is 4.79 Å². The molecule has 0 aliphatic carbocycles. The third-order valence-electron chi connectivity index (χ3n) is 6.58. The quantitative estimate of drug-likeness (QED) is 0.273. The number of hydrogen-bond acceptors (Lipinski definition) is 2. The molecule has 30 heavy (non-hydrogen) atoms. The summed E-state index contributed by atoms with van der Waals surface area (Å²) in [6, 6.07) is 4.91. The van der Waals surface area contributed by atoms with Gasteiger partial charge in [-0.1, -0.05) is 19.3 Å². The summed E-state index contributed by atoms with van der Waals surface area (Å²) in [5, 5.41) is 8.61. The van der Waals surface area contributed by atoms with Gasteiger partial charge >= 0.3 is 141 Å². The van der Waals surface area contributed by atoms with Crippen molar-refractivity contribution in [1.82, 2.24) is 9.47 Å². The first-order chi connectivity index (χ1) is 14.7. The number of fused-ring (bicyclic) bond motifs is 2. The van der Waals surface area contributed by atoms with Crippen LogP contribution >= 0.6 is 0 Å². The zero-order valence-corrected chi connectivity index (χ0v) is 18.6. The average Bonchev–Trinajstić information content (AvgIpc) is 3.35. The number of aromatic nitrogens is 1. The molecule has 0 radical (unpaired) electrons. The van der Waals surface area contributed by atoms with Crippen molar-refractivity contribution >= 4 is 24.9 Å². The van der Waals surface area contributed by atoms with E-state index in [0.29, 0.717) is 12.5 Å². The Bertz CT molecular complexity index is 710. The third kappa shape index (κ3) is 7.48. The molecular formula is C25H39BN2O2. The van der Waals surface area contributed by atoms with E-state index in [4.69, 9.17) is 5.11 Å². The van der Waals surface area contributed by atoms with E-state index in [2.05, 4.69) is 46.8 Å². The number of rotatable bonds is 16. The molecule has 0 saturated heterocycles. The van der Waals surface area contributed by atoms with Crippen LogP contribution in [0.1, 0.15) is 102 Å². The molecular weight excluding hydrogens is 371 g/mol. The van der Waals surface area contributed by atoms with Gasteiger partial charge in [-0.25, -0.2) is 0 Å². The second-order valence-corrected chi connectivity index (χ2v) is 9.04. The standard InChI is InChI=1S/C25H39BN2O2/c29-25(30)17-13-11-9-7-5-3-1-2-4-6-8-10-12-15-23-20-26-24-19-22-16-14-18-27(22)21-28(23)24/h14,16,18-20,23H,1-13,15,17,21H2,(H,29,30). The zero-order chi connectivity index (χ0) is 21.0. The summed E-state index contributed by atoms with van der Waals surface area (Å²) in [4.78, 5) is 13.0. The van der Waals surface area contributed by atoms with Crippen LogP contribution in [-0.4, -0.2) is 39.5 Å². The molecule has 1 atom stereocenters. The van der Waals surface area contributed by atoms with Gasteiger partial charge in [0.05, 0.1) is 0 Å². The van der Waals surface area contributed by atoms with E-state index < -0.39 is 5.97 Å². The molecule has 3 heterocycles. The van der Waals surface area contributed by atoms with Crippen LogP contribution in [-0.2, 0) is 11.5 Å². The van der Waals surface area contributed by atoms with Crippen LogP contribution in [0, 0.1) is 0 Å². The third-order valence-corrected chi connectivity index (χ3v) is 6.58. The van der Waals surface area contributed by atoms with Crippen LogP contribution in [0.5, 0.6) is 0 Å². The summed E-state index contributed by atoms with van der Waals surface area (Å²) in [6.07, 6.45) is 22.8. The molecule has 1 aromatic rings. The summed E-state index contributed by atoms with van der Waals surface area (Å²) < 4.78 is 2.34. The molecule has 4 nitrogen and oxygen atoms in total. The van der Waals surface area contributed by atoms with Gasteiger partial charge in [-0.15, -0.1) is 0 Å². The molecule has 1 aromatic heterocycles. The molecule has 5 heteroatoms. The molecule has 0 fully saturated rings. The molecule has 0 amide bonds. The Hall–Kier alpha value is -1.78. The van der Waals surface area contributed by atoms with Crippen molar-refractivity contribution in [3.8, 4) is 0 Å². The molecule has 2 aliphatic heterocycles. The summed E-state index contributed by atoms with van der Waals surface area (Å²) in [5.74, 6) is 1.74. The van der Waals surface area contributed by atoms with E-state index in [0.717, 1.165) is 19.5 Å². The van der Waals surface area contributed by atoms with Crippen molar-refractivity contribution in [2.24, 2.45) is 0 Å². The molecule has 2 aliphatic rings. The number of carboxylic acid groups (broad SMARTS) is 1. The van der Waals surface area contributed by atoms with Crippen LogP contribution in [0.4, 0.5) is 0 Å². The molecule has 0 aromatic carbocycles. The summed E-state index contributed by atoms with van der Waals surface area (Å²) in [6.45, 7) is 3.30. The van der Waals surface area contributed by atoms with Gasteiger partial charge in [-0.2, -0.15) is 0 Å². The van der Waals surface area contributed by atoms with E-state index in [9.17, 15) is 4.79 Å². The Morgan fingerprint density at radius 1 is 0.933 bits per heavy atom. The number of unbranched alkanes of at least 4 members (excludes halogenated alkanes) is 12. The molecule has 164 valence electrons. The Labute approximate surface area is 183 Å². The first kappa shape index (κ1) is 22.9. The molecule has 0 spiro atoms. The van der Waals surface area contributed by atoms with Gasteiger partial charge < -0.3 is 5.11 Å². The van der Waals surface area contributed by atoms with Crippen molar-refractivity contribution in [2.45, 2.75) is 109 Å². The summed E-state index contributed by atoms with van der Waals surface area (Å²) in [5.41, 5.74) is 2.70. The summed E-state index contributed by atoms with van der Waals surface area (Å²) >= 11 is 0. The minimum absolute atomic E-state index is 0.336. The fourth-order valence-corrected chi connectivity index (χ4v) is 4.75. The van der Waals surface area contributed by atoms with E-state index in [1.54, 1.807) is 0 Å². The second kappa shape index (κ2) is 12.8. The van der Waals surface area contributed by atoms with Gasteiger partial charge in [0.25, 0.3) is 0 Å². The Balaban J connectivity index is 1.11. The number of aliphatic carboxylic acids is 1. The number of carboxylic acids is 1. The minimum atomic E-state index is -0.658. The molecule has 1 unspecified atom stereocenters. The first-order valence-electron chi connectivity index (χ1n) is 12.3. The topological polar surface area (TPSA) is 45.5 Å². The van der Waals surface area contributed by atoms with Crippen molar-refractivity contribution < 1.29 is 9.90 Å². The second-order valence-electron chi connectivity index (χ2n) is 9.04. The van der Waals surface area contributed by atoms with Gasteiger partial charge in [-0.05, 0) is 6.42 Å². The number of nitrogens with zero attached hydrogens (tertiary/aromatic N) is 2. The Morgan fingerprint density at radius 3 is 2.17 bits per heavy atom. The van der Waals surface area contributed by atoms with E-state index in [1.807, 2.05) is 0 Å². The Kier molecular flexibility index (Phi) is 9.78. The van der Waals surface area contributed by atoms with E-state index in [-0.39, 0.29) is 0 Å². The monoisotopic (exact) mass is 410 g/mol. The molecule has 1 N–H and O–H groups in total. The fraction of sp³-hybridized carbons (Fsp3) is 0.680. The first-order valence-corrected chi connectivity index (χ1v) is 12.3. The SMILES string of the molecule is O=C(O)CCCCCCCCCCCCCCCC1C=BC2=Cc3cccn3CN21. The predicted octanol–water partition coefficient (Wildman–Crippen LogP) is 5.88.